The molecule has 0 saturated carbocycles. The molecule has 0 bridgehead atoms. The Morgan fingerprint density at radius 3 is 2.63 bits per heavy atom. The monoisotopic (exact) mass is 275 g/mol. The van der Waals surface area contributed by atoms with Crippen LogP contribution in [0.5, 0.6) is 5.75 Å². The fraction of sp³-hybridized carbons (Fsp3) is 0.375. The van der Waals surface area contributed by atoms with Crippen molar-refractivity contribution in [2.24, 2.45) is 0 Å². The second-order valence-corrected chi connectivity index (χ2v) is 5.77. The van der Waals surface area contributed by atoms with E-state index >= 15 is 0 Å². The third kappa shape index (κ3) is 4.69. The van der Waals surface area contributed by atoms with Crippen LogP contribution in [0.1, 0.15) is 17.4 Å². The summed E-state index contributed by atoms with van der Waals surface area (Å²) in [6.07, 6.45) is 2.17. The molecular formula is C16H21NOS. The van der Waals surface area contributed by atoms with Crippen molar-refractivity contribution in [2.75, 3.05) is 13.7 Å². The van der Waals surface area contributed by atoms with Gasteiger partial charge in [-0.25, -0.2) is 0 Å². The van der Waals surface area contributed by atoms with Crippen molar-refractivity contribution >= 4 is 11.3 Å². The first kappa shape index (κ1) is 14.1. The smallest absolute Gasteiger partial charge is 0.118 e. The van der Waals surface area contributed by atoms with E-state index in [0.29, 0.717) is 6.04 Å². The van der Waals surface area contributed by atoms with E-state index in [1.807, 2.05) is 23.5 Å². The molecule has 1 heterocycles. The SMILES string of the molecule is COc1ccc(CCNC(C)Cc2cccs2)cc1. The van der Waals surface area contributed by atoms with Crippen LogP contribution in [0.25, 0.3) is 0 Å². The highest BCUT2D eigenvalue weighted by molar-refractivity contribution is 7.09. The van der Waals surface area contributed by atoms with E-state index < -0.39 is 0 Å². The largest absolute Gasteiger partial charge is 0.497 e. The van der Waals surface area contributed by atoms with Crippen molar-refractivity contribution < 1.29 is 4.74 Å². The zero-order valence-electron chi connectivity index (χ0n) is 11.6. The van der Waals surface area contributed by atoms with Crippen molar-refractivity contribution in [3.63, 3.8) is 0 Å². The lowest BCUT2D eigenvalue weighted by molar-refractivity contribution is 0.414. The Morgan fingerprint density at radius 1 is 1.21 bits per heavy atom. The molecular weight excluding hydrogens is 254 g/mol. The number of hydrogen-bond acceptors (Lipinski definition) is 3. The number of ether oxygens (including phenoxy) is 1. The van der Waals surface area contributed by atoms with E-state index in [1.54, 1.807) is 7.11 Å². The van der Waals surface area contributed by atoms with Crippen molar-refractivity contribution in [3.05, 3.63) is 52.2 Å². The standard InChI is InChI=1S/C16H21NOS/c1-13(12-16-4-3-11-19-16)17-10-9-14-5-7-15(18-2)8-6-14/h3-8,11,13,17H,9-10,12H2,1-2H3. The predicted molar refractivity (Wildman–Crippen MR) is 82.2 cm³/mol. The molecule has 0 amide bonds. The summed E-state index contributed by atoms with van der Waals surface area (Å²) in [5, 5.41) is 5.71. The fourth-order valence-corrected chi connectivity index (χ4v) is 2.89. The highest BCUT2D eigenvalue weighted by atomic mass is 32.1. The summed E-state index contributed by atoms with van der Waals surface area (Å²) in [5.41, 5.74) is 1.34. The van der Waals surface area contributed by atoms with Crippen molar-refractivity contribution in [1.82, 2.24) is 5.32 Å². The summed E-state index contributed by atoms with van der Waals surface area (Å²) in [5.74, 6) is 0.919. The molecule has 1 atom stereocenters. The Labute approximate surface area is 119 Å². The number of rotatable bonds is 7. The summed E-state index contributed by atoms with van der Waals surface area (Å²) in [7, 11) is 1.70. The molecule has 2 rings (SSSR count). The van der Waals surface area contributed by atoms with Gasteiger partial charge in [0.05, 0.1) is 7.11 Å². The quantitative estimate of drug-likeness (QED) is 0.835. The first-order valence-electron chi connectivity index (χ1n) is 6.66. The van der Waals surface area contributed by atoms with Crippen LogP contribution in [0.4, 0.5) is 0 Å². The summed E-state index contributed by atoms with van der Waals surface area (Å²) in [6.45, 7) is 3.26. The van der Waals surface area contributed by atoms with Crippen molar-refractivity contribution in [1.29, 1.82) is 0 Å². The molecule has 0 aliphatic heterocycles. The van der Waals surface area contributed by atoms with E-state index in [9.17, 15) is 0 Å². The Kier molecular flexibility index (Phi) is 5.43. The minimum Gasteiger partial charge on any atom is -0.497 e. The van der Waals surface area contributed by atoms with Crippen LogP contribution in [0.3, 0.4) is 0 Å². The predicted octanol–water partition coefficient (Wildman–Crippen LogP) is 3.52. The lowest BCUT2D eigenvalue weighted by Crippen LogP contribution is -2.29. The number of hydrogen-bond donors (Lipinski definition) is 1. The molecule has 0 radical (unpaired) electrons. The van der Waals surface area contributed by atoms with E-state index in [1.165, 1.54) is 10.4 Å². The van der Waals surface area contributed by atoms with Gasteiger partial charge in [0.25, 0.3) is 0 Å². The molecule has 0 saturated heterocycles. The van der Waals surface area contributed by atoms with Gasteiger partial charge >= 0.3 is 0 Å². The van der Waals surface area contributed by atoms with Crippen LogP contribution >= 0.6 is 11.3 Å². The van der Waals surface area contributed by atoms with Gasteiger partial charge in [-0.3, -0.25) is 0 Å². The zero-order valence-corrected chi connectivity index (χ0v) is 12.4. The van der Waals surface area contributed by atoms with Gasteiger partial charge in [-0.1, -0.05) is 18.2 Å². The Hall–Kier alpha value is -1.32. The number of methoxy groups -OCH3 is 1. The normalized spacial score (nSPS) is 12.3. The third-order valence-electron chi connectivity index (χ3n) is 3.15. The van der Waals surface area contributed by atoms with E-state index in [0.717, 1.165) is 25.1 Å². The number of thiophene rings is 1. The Bertz CT molecular complexity index is 464. The van der Waals surface area contributed by atoms with Gasteiger partial charge in [-0.05, 0) is 55.5 Å². The summed E-state index contributed by atoms with van der Waals surface area (Å²) < 4.78 is 5.16. The summed E-state index contributed by atoms with van der Waals surface area (Å²) >= 11 is 1.83. The maximum absolute atomic E-state index is 5.16. The van der Waals surface area contributed by atoms with Crippen LogP contribution in [-0.4, -0.2) is 19.7 Å². The Balaban J connectivity index is 1.70. The Morgan fingerprint density at radius 2 is 2.00 bits per heavy atom. The number of benzene rings is 1. The molecule has 1 aromatic heterocycles. The van der Waals surface area contributed by atoms with Crippen molar-refractivity contribution in [2.45, 2.75) is 25.8 Å². The topological polar surface area (TPSA) is 21.3 Å². The second kappa shape index (κ2) is 7.31. The maximum Gasteiger partial charge on any atom is 0.118 e. The molecule has 19 heavy (non-hydrogen) atoms. The molecule has 0 spiro atoms. The molecule has 1 aromatic carbocycles. The molecule has 0 aliphatic carbocycles. The first-order valence-corrected chi connectivity index (χ1v) is 7.54. The van der Waals surface area contributed by atoms with Gasteiger partial charge < -0.3 is 10.1 Å². The third-order valence-corrected chi connectivity index (χ3v) is 4.05. The van der Waals surface area contributed by atoms with Crippen LogP contribution < -0.4 is 10.1 Å². The van der Waals surface area contributed by atoms with Crippen LogP contribution in [0.2, 0.25) is 0 Å². The minimum atomic E-state index is 0.525. The molecule has 1 unspecified atom stereocenters. The molecule has 1 N–H and O–H groups in total. The van der Waals surface area contributed by atoms with E-state index in [4.69, 9.17) is 4.74 Å². The molecule has 2 nitrogen and oxygen atoms in total. The maximum atomic E-state index is 5.16. The lowest BCUT2D eigenvalue weighted by atomic mass is 10.1. The lowest BCUT2D eigenvalue weighted by Gasteiger charge is -2.12. The van der Waals surface area contributed by atoms with Crippen LogP contribution in [0.15, 0.2) is 41.8 Å². The van der Waals surface area contributed by atoms with Gasteiger partial charge in [0.1, 0.15) is 5.75 Å². The zero-order chi connectivity index (χ0) is 13.5. The summed E-state index contributed by atoms with van der Waals surface area (Å²) in [6, 6.07) is 13.1. The summed E-state index contributed by atoms with van der Waals surface area (Å²) in [4.78, 5) is 1.45. The molecule has 2 aromatic rings. The molecule has 0 aliphatic rings. The van der Waals surface area contributed by atoms with Gasteiger partial charge in [-0.2, -0.15) is 0 Å². The van der Waals surface area contributed by atoms with Crippen molar-refractivity contribution in [3.8, 4) is 5.75 Å². The average molecular weight is 275 g/mol. The second-order valence-electron chi connectivity index (χ2n) is 4.74. The van der Waals surface area contributed by atoms with Gasteiger partial charge in [0, 0.05) is 10.9 Å². The van der Waals surface area contributed by atoms with Crippen LogP contribution in [-0.2, 0) is 12.8 Å². The van der Waals surface area contributed by atoms with Gasteiger partial charge in [-0.15, -0.1) is 11.3 Å². The molecule has 0 fully saturated rings. The average Bonchev–Trinajstić information content (AvgIpc) is 2.92. The van der Waals surface area contributed by atoms with Gasteiger partial charge in [0.15, 0.2) is 0 Å². The molecule has 102 valence electrons. The van der Waals surface area contributed by atoms with Crippen LogP contribution in [0, 0.1) is 0 Å². The van der Waals surface area contributed by atoms with E-state index in [2.05, 4.69) is 41.9 Å². The highest BCUT2D eigenvalue weighted by Crippen LogP contribution is 2.12. The van der Waals surface area contributed by atoms with E-state index in [-0.39, 0.29) is 0 Å². The number of nitrogens with one attached hydrogen (secondary N) is 1. The minimum absolute atomic E-state index is 0.525. The molecule has 3 heteroatoms. The van der Waals surface area contributed by atoms with Gasteiger partial charge in [0.2, 0.25) is 0 Å². The highest BCUT2D eigenvalue weighted by Gasteiger charge is 2.03. The fourth-order valence-electron chi connectivity index (χ4n) is 2.06. The first-order chi connectivity index (χ1) is 9.28.